The van der Waals surface area contributed by atoms with Crippen molar-refractivity contribution in [1.82, 2.24) is 4.90 Å². The van der Waals surface area contributed by atoms with E-state index in [0.29, 0.717) is 0 Å². The Morgan fingerprint density at radius 3 is 2.24 bits per heavy atom. The molecule has 2 aromatic rings. The second-order valence-corrected chi connectivity index (χ2v) is 6.95. The number of carbonyl (C=O) groups excluding carboxylic acids is 1. The highest BCUT2D eigenvalue weighted by Gasteiger charge is 2.30. The first-order valence-electron chi connectivity index (χ1n) is 9.14. The zero-order chi connectivity index (χ0) is 17.2. The fourth-order valence-corrected chi connectivity index (χ4v) is 4.00. The third-order valence-corrected chi connectivity index (χ3v) is 5.35. The SMILES string of the molecule is O=C(c1ccc(N2CCCC2)cc1)N1CCC[C@@H]1c1ccc(F)cc1. The smallest absolute Gasteiger partial charge is 0.254 e. The number of benzene rings is 2. The molecule has 1 atom stereocenters. The van der Waals surface area contributed by atoms with E-state index in [1.807, 2.05) is 17.0 Å². The van der Waals surface area contributed by atoms with Crippen molar-refractivity contribution in [2.45, 2.75) is 31.7 Å². The average molecular weight is 338 g/mol. The summed E-state index contributed by atoms with van der Waals surface area (Å²) in [5.74, 6) is -0.170. The predicted molar refractivity (Wildman–Crippen MR) is 97.3 cm³/mol. The highest BCUT2D eigenvalue weighted by atomic mass is 19.1. The summed E-state index contributed by atoms with van der Waals surface area (Å²) < 4.78 is 13.2. The highest BCUT2D eigenvalue weighted by molar-refractivity contribution is 5.95. The molecule has 0 aliphatic carbocycles. The Balaban J connectivity index is 1.52. The molecular formula is C21H23FN2O. The number of anilines is 1. The van der Waals surface area contributed by atoms with Crippen molar-refractivity contribution < 1.29 is 9.18 Å². The Labute approximate surface area is 148 Å². The molecule has 0 bridgehead atoms. The van der Waals surface area contributed by atoms with Gasteiger partial charge in [-0.25, -0.2) is 4.39 Å². The van der Waals surface area contributed by atoms with Crippen LogP contribution >= 0.6 is 0 Å². The van der Waals surface area contributed by atoms with Crippen LogP contribution < -0.4 is 4.90 Å². The number of nitrogens with zero attached hydrogens (tertiary/aromatic N) is 2. The summed E-state index contributed by atoms with van der Waals surface area (Å²) in [7, 11) is 0. The number of rotatable bonds is 3. The second kappa shape index (κ2) is 6.87. The molecule has 130 valence electrons. The molecule has 2 aliphatic heterocycles. The first-order chi connectivity index (χ1) is 12.2. The molecule has 0 N–H and O–H groups in total. The first-order valence-corrected chi connectivity index (χ1v) is 9.14. The predicted octanol–water partition coefficient (Wildman–Crippen LogP) is 4.40. The maximum absolute atomic E-state index is 13.2. The summed E-state index contributed by atoms with van der Waals surface area (Å²) in [4.78, 5) is 17.3. The number of hydrogen-bond donors (Lipinski definition) is 0. The van der Waals surface area contributed by atoms with Crippen LogP contribution in [-0.2, 0) is 0 Å². The Bertz CT molecular complexity index is 735. The molecule has 25 heavy (non-hydrogen) atoms. The largest absolute Gasteiger partial charge is 0.372 e. The Morgan fingerprint density at radius 1 is 0.880 bits per heavy atom. The minimum Gasteiger partial charge on any atom is -0.372 e. The average Bonchev–Trinajstić information content (AvgIpc) is 3.34. The van der Waals surface area contributed by atoms with Crippen LogP contribution in [0, 0.1) is 5.82 Å². The summed E-state index contributed by atoms with van der Waals surface area (Å²) in [6, 6.07) is 14.6. The van der Waals surface area contributed by atoms with Crippen LogP contribution in [-0.4, -0.2) is 30.4 Å². The number of amides is 1. The van der Waals surface area contributed by atoms with E-state index < -0.39 is 0 Å². The minimum atomic E-state index is -0.239. The lowest BCUT2D eigenvalue weighted by atomic mass is 10.0. The maximum atomic E-state index is 13.2. The summed E-state index contributed by atoms with van der Waals surface area (Å²) in [6.45, 7) is 2.97. The van der Waals surface area contributed by atoms with Crippen molar-refractivity contribution in [3.8, 4) is 0 Å². The van der Waals surface area contributed by atoms with Gasteiger partial charge in [0.1, 0.15) is 5.82 Å². The third-order valence-electron chi connectivity index (χ3n) is 5.35. The third kappa shape index (κ3) is 3.26. The van der Waals surface area contributed by atoms with Crippen molar-refractivity contribution in [2.24, 2.45) is 0 Å². The van der Waals surface area contributed by atoms with E-state index in [1.165, 1.54) is 30.7 Å². The van der Waals surface area contributed by atoms with Crippen molar-refractivity contribution in [3.05, 3.63) is 65.5 Å². The molecule has 2 saturated heterocycles. The molecule has 2 aromatic carbocycles. The molecule has 0 unspecified atom stereocenters. The lowest BCUT2D eigenvalue weighted by Gasteiger charge is -2.25. The summed E-state index contributed by atoms with van der Waals surface area (Å²) in [5, 5.41) is 0. The van der Waals surface area contributed by atoms with Gasteiger partial charge in [-0.2, -0.15) is 0 Å². The fraction of sp³-hybridized carbons (Fsp3) is 0.381. The summed E-state index contributed by atoms with van der Waals surface area (Å²) in [6.07, 6.45) is 4.41. The molecule has 0 aromatic heterocycles. The summed E-state index contributed by atoms with van der Waals surface area (Å²) in [5.41, 5.74) is 2.95. The molecule has 2 heterocycles. The minimum absolute atomic E-state index is 0.0476. The number of carbonyl (C=O) groups is 1. The van der Waals surface area contributed by atoms with Crippen molar-refractivity contribution in [3.63, 3.8) is 0 Å². The standard InChI is InChI=1S/C21H23FN2O/c22-18-9-5-16(6-10-18)20-4-3-15-24(20)21(25)17-7-11-19(12-8-17)23-13-1-2-14-23/h5-12,20H,1-4,13-15H2/t20-/m1/s1. The van der Waals surface area contributed by atoms with E-state index in [4.69, 9.17) is 0 Å². The molecule has 0 radical (unpaired) electrons. The number of hydrogen-bond acceptors (Lipinski definition) is 2. The van der Waals surface area contributed by atoms with Gasteiger partial charge in [0.2, 0.25) is 0 Å². The zero-order valence-electron chi connectivity index (χ0n) is 14.3. The number of likely N-dealkylation sites (tertiary alicyclic amines) is 1. The normalized spacial score (nSPS) is 20.3. The van der Waals surface area contributed by atoms with E-state index in [-0.39, 0.29) is 17.8 Å². The van der Waals surface area contributed by atoms with E-state index in [2.05, 4.69) is 17.0 Å². The molecular weight excluding hydrogens is 315 g/mol. The topological polar surface area (TPSA) is 23.6 Å². The molecule has 0 spiro atoms. The second-order valence-electron chi connectivity index (χ2n) is 6.95. The molecule has 1 amide bonds. The van der Waals surface area contributed by atoms with E-state index in [9.17, 15) is 9.18 Å². The van der Waals surface area contributed by atoms with E-state index >= 15 is 0 Å². The zero-order valence-corrected chi connectivity index (χ0v) is 14.3. The van der Waals surface area contributed by atoms with Gasteiger partial charge in [0.05, 0.1) is 6.04 Å². The van der Waals surface area contributed by atoms with E-state index in [1.54, 1.807) is 12.1 Å². The molecule has 0 saturated carbocycles. The van der Waals surface area contributed by atoms with Crippen LogP contribution in [0.15, 0.2) is 48.5 Å². The van der Waals surface area contributed by atoms with Gasteiger partial charge in [-0.05, 0) is 67.6 Å². The van der Waals surface area contributed by atoms with Gasteiger partial charge >= 0.3 is 0 Å². The maximum Gasteiger partial charge on any atom is 0.254 e. The Hall–Kier alpha value is -2.36. The Kier molecular flexibility index (Phi) is 4.43. The molecule has 2 aliphatic rings. The van der Waals surface area contributed by atoms with Crippen molar-refractivity contribution in [1.29, 1.82) is 0 Å². The van der Waals surface area contributed by atoms with Gasteiger partial charge in [-0.15, -0.1) is 0 Å². The van der Waals surface area contributed by atoms with Crippen molar-refractivity contribution >= 4 is 11.6 Å². The quantitative estimate of drug-likeness (QED) is 0.828. The number of halogens is 1. The van der Waals surface area contributed by atoms with Gasteiger partial charge in [0.15, 0.2) is 0 Å². The van der Waals surface area contributed by atoms with Gasteiger partial charge < -0.3 is 9.80 Å². The molecule has 2 fully saturated rings. The molecule has 4 rings (SSSR count). The lowest BCUT2D eigenvalue weighted by molar-refractivity contribution is 0.0735. The van der Waals surface area contributed by atoms with Crippen LogP contribution in [0.2, 0.25) is 0 Å². The van der Waals surface area contributed by atoms with Crippen LogP contribution in [0.3, 0.4) is 0 Å². The highest BCUT2D eigenvalue weighted by Crippen LogP contribution is 2.33. The lowest BCUT2D eigenvalue weighted by Crippen LogP contribution is -2.30. The fourth-order valence-electron chi connectivity index (χ4n) is 4.00. The molecule has 4 heteroatoms. The van der Waals surface area contributed by atoms with E-state index in [0.717, 1.165) is 43.6 Å². The van der Waals surface area contributed by atoms with Crippen LogP contribution in [0.4, 0.5) is 10.1 Å². The van der Waals surface area contributed by atoms with Gasteiger partial charge in [-0.3, -0.25) is 4.79 Å². The van der Waals surface area contributed by atoms with Crippen LogP contribution in [0.1, 0.15) is 47.6 Å². The van der Waals surface area contributed by atoms with Gasteiger partial charge in [0.25, 0.3) is 5.91 Å². The summed E-state index contributed by atoms with van der Waals surface area (Å²) >= 11 is 0. The molecule has 3 nitrogen and oxygen atoms in total. The van der Waals surface area contributed by atoms with Gasteiger partial charge in [-0.1, -0.05) is 12.1 Å². The van der Waals surface area contributed by atoms with Crippen molar-refractivity contribution in [2.75, 3.05) is 24.5 Å². The Morgan fingerprint density at radius 2 is 1.56 bits per heavy atom. The van der Waals surface area contributed by atoms with Crippen LogP contribution in [0.25, 0.3) is 0 Å². The van der Waals surface area contributed by atoms with Gasteiger partial charge in [0, 0.05) is 30.9 Å². The monoisotopic (exact) mass is 338 g/mol. The first kappa shape index (κ1) is 16.1. The van der Waals surface area contributed by atoms with Crippen LogP contribution in [0.5, 0.6) is 0 Å².